The predicted molar refractivity (Wildman–Crippen MR) is 65.3 cm³/mol. The third kappa shape index (κ3) is 4.68. The molecule has 82 valence electrons. The van der Waals surface area contributed by atoms with Crippen LogP contribution >= 0.6 is 12.4 Å². The summed E-state index contributed by atoms with van der Waals surface area (Å²) in [6.45, 7) is 1.15. The largest absolute Gasteiger partial charge is 0.378 e. The minimum atomic E-state index is 0. The zero-order valence-electron chi connectivity index (χ0n) is 9.03. The molecule has 0 aliphatic carbocycles. The molecule has 0 bridgehead atoms. The molecule has 0 amide bonds. The summed E-state index contributed by atoms with van der Waals surface area (Å²) in [5.41, 5.74) is 2.39. The van der Waals surface area contributed by atoms with Gasteiger partial charge in [0.25, 0.3) is 0 Å². The van der Waals surface area contributed by atoms with Crippen LogP contribution in [0.3, 0.4) is 0 Å². The SMILES string of the molecule is CN(C)c1ccc(CNCC#N)cc1.Cl. The number of rotatable bonds is 4. The highest BCUT2D eigenvalue weighted by atomic mass is 35.5. The van der Waals surface area contributed by atoms with Crippen molar-refractivity contribution in [1.29, 1.82) is 5.26 Å². The molecular formula is C11H16ClN3. The number of nitriles is 1. The summed E-state index contributed by atoms with van der Waals surface area (Å²) in [6, 6.07) is 10.3. The second kappa shape index (κ2) is 7.10. The summed E-state index contributed by atoms with van der Waals surface area (Å²) in [5.74, 6) is 0. The summed E-state index contributed by atoms with van der Waals surface area (Å²) in [5, 5.41) is 11.4. The van der Waals surface area contributed by atoms with Gasteiger partial charge in [-0.15, -0.1) is 12.4 Å². The summed E-state index contributed by atoms with van der Waals surface area (Å²) >= 11 is 0. The average molecular weight is 226 g/mol. The first-order valence-electron chi connectivity index (χ1n) is 4.58. The van der Waals surface area contributed by atoms with Crippen LogP contribution in [-0.2, 0) is 6.54 Å². The Morgan fingerprint density at radius 3 is 2.33 bits per heavy atom. The predicted octanol–water partition coefficient (Wildman–Crippen LogP) is 1.79. The van der Waals surface area contributed by atoms with Gasteiger partial charge in [-0.2, -0.15) is 5.26 Å². The zero-order valence-corrected chi connectivity index (χ0v) is 9.84. The first kappa shape index (κ1) is 13.8. The van der Waals surface area contributed by atoms with Crippen LogP contribution in [0.2, 0.25) is 0 Å². The van der Waals surface area contributed by atoms with Gasteiger partial charge in [-0.05, 0) is 17.7 Å². The third-order valence-corrected chi connectivity index (χ3v) is 1.99. The van der Waals surface area contributed by atoms with Crippen LogP contribution < -0.4 is 10.2 Å². The van der Waals surface area contributed by atoms with E-state index in [0.717, 1.165) is 6.54 Å². The van der Waals surface area contributed by atoms with Crippen LogP contribution in [0, 0.1) is 11.3 Å². The van der Waals surface area contributed by atoms with Crippen LogP contribution in [0.25, 0.3) is 0 Å². The molecular weight excluding hydrogens is 210 g/mol. The van der Waals surface area contributed by atoms with E-state index in [1.54, 1.807) is 0 Å². The maximum Gasteiger partial charge on any atom is 0.0843 e. The van der Waals surface area contributed by atoms with Gasteiger partial charge >= 0.3 is 0 Å². The third-order valence-electron chi connectivity index (χ3n) is 1.99. The van der Waals surface area contributed by atoms with Crippen molar-refractivity contribution in [1.82, 2.24) is 5.32 Å². The van der Waals surface area contributed by atoms with Gasteiger partial charge in [0.2, 0.25) is 0 Å². The Kier molecular flexibility index (Phi) is 6.52. The Morgan fingerprint density at radius 2 is 1.87 bits per heavy atom. The lowest BCUT2D eigenvalue weighted by molar-refractivity contribution is 0.765. The first-order valence-corrected chi connectivity index (χ1v) is 4.58. The Morgan fingerprint density at radius 1 is 1.27 bits per heavy atom. The highest BCUT2D eigenvalue weighted by Gasteiger charge is 1.95. The molecule has 0 atom stereocenters. The van der Waals surface area contributed by atoms with Crippen molar-refractivity contribution in [3.8, 4) is 6.07 Å². The van der Waals surface area contributed by atoms with Gasteiger partial charge < -0.3 is 10.2 Å². The van der Waals surface area contributed by atoms with E-state index in [1.165, 1.54) is 11.3 Å². The molecule has 0 aliphatic rings. The lowest BCUT2D eigenvalue weighted by Gasteiger charge is -2.12. The molecule has 1 aromatic carbocycles. The molecule has 15 heavy (non-hydrogen) atoms. The van der Waals surface area contributed by atoms with Crippen molar-refractivity contribution in [2.75, 3.05) is 25.5 Å². The van der Waals surface area contributed by atoms with E-state index >= 15 is 0 Å². The summed E-state index contributed by atoms with van der Waals surface area (Å²) in [4.78, 5) is 2.06. The quantitative estimate of drug-likeness (QED) is 0.627. The molecule has 0 aliphatic heterocycles. The Hall–Kier alpha value is -1.24. The van der Waals surface area contributed by atoms with E-state index in [-0.39, 0.29) is 12.4 Å². The monoisotopic (exact) mass is 225 g/mol. The number of hydrogen-bond donors (Lipinski definition) is 1. The van der Waals surface area contributed by atoms with Gasteiger partial charge in [0.1, 0.15) is 0 Å². The molecule has 4 heteroatoms. The number of benzene rings is 1. The first-order chi connectivity index (χ1) is 6.74. The van der Waals surface area contributed by atoms with Gasteiger partial charge in [-0.1, -0.05) is 12.1 Å². The Balaban J connectivity index is 0.00000196. The number of nitrogens with one attached hydrogen (secondary N) is 1. The van der Waals surface area contributed by atoms with E-state index in [0.29, 0.717) is 6.54 Å². The van der Waals surface area contributed by atoms with Gasteiger partial charge in [0.05, 0.1) is 12.6 Å². The van der Waals surface area contributed by atoms with Crippen molar-refractivity contribution in [3.05, 3.63) is 29.8 Å². The minimum absolute atomic E-state index is 0. The second-order valence-corrected chi connectivity index (χ2v) is 3.32. The smallest absolute Gasteiger partial charge is 0.0843 e. The summed E-state index contributed by atoms with van der Waals surface area (Å²) < 4.78 is 0. The van der Waals surface area contributed by atoms with E-state index < -0.39 is 0 Å². The molecule has 0 unspecified atom stereocenters. The van der Waals surface area contributed by atoms with Crippen molar-refractivity contribution < 1.29 is 0 Å². The van der Waals surface area contributed by atoms with Crippen LogP contribution in [0.4, 0.5) is 5.69 Å². The number of hydrogen-bond acceptors (Lipinski definition) is 3. The van der Waals surface area contributed by atoms with E-state index in [2.05, 4.69) is 34.5 Å². The number of anilines is 1. The molecule has 0 radical (unpaired) electrons. The second-order valence-electron chi connectivity index (χ2n) is 3.32. The highest BCUT2D eigenvalue weighted by molar-refractivity contribution is 5.85. The van der Waals surface area contributed by atoms with Crippen molar-refractivity contribution in [2.45, 2.75) is 6.54 Å². The maximum atomic E-state index is 8.34. The molecule has 3 nitrogen and oxygen atoms in total. The molecule has 0 aromatic heterocycles. The lowest BCUT2D eigenvalue weighted by Crippen LogP contribution is -2.13. The lowest BCUT2D eigenvalue weighted by atomic mass is 10.2. The molecule has 1 N–H and O–H groups in total. The zero-order chi connectivity index (χ0) is 10.4. The fourth-order valence-corrected chi connectivity index (χ4v) is 1.17. The van der Waals surface area contributed by atoms with Crippen LogP contribution in [0.5, 0.6) is 0 Å². The topological polar surface area (TPSA) is 39.1 Å². The fourth-order valence-electron chi connectivity index (χ4n) is 1.17. The molecule has 1 aromatic rings. The summed E-state index contributed by atoms with van der Waals surface area (Å²) in [6.07, 6.45) is 0. The molecule has 1 rings (SSSR count). The minimum Gasteiger partial charge on any atom is -0.378 e. The summed E-state index contributed by atoms with van der Waals surface area (Å²) in [7, 11) is 4.03. The van der Waals surface area contributed by atoms with Gasteiger partial charge in [-0.25, -0.2) is 0 Å². The highest BCUT2D eigenvalue weighted by Crippen LogP contribution is 2.11. The van der Waals surface area contributed by atoms with E-state index in [1.807, 2.05) is 20.2 Å². The average Bonchev–Trinajstić information content (AvgIpc) is 2.19. The van der Waals surface area contributed by atoms with Crippen molar-refractivity contribution in [3.63, 3.8) is 0 Å². The van der Waals surface area contributed by atoms with Crippen molar-refractivity contribution >= 4 is 18.1 Å². The van der Waals surface area contributed by atoms with Crippen LogP contribution in [-0.4, -0.2) is 20.6 Å². The Bertz CT molecular complexity index is 314. The fraction of sp³-hybridized carbons (Fsp3) is 0.364. The molecule has 0 saturated carbocycles. The number of nitrogens with zero attached hydrogens (tertiary/aromatic N) is 2. The maximum absolute atomic E-state index is 8.34. The Labute approximate surface area is 97.1 Å². The van der Waals surface area contributed by atoms with Crippen LogP contribution in [0.1, 0.15) is 5.56 Å². The molecule has 0 spiro atoms. The molecule has 0 heterocycles. The van der Waals surface area contributed by atoms with E-state index in [9.17, 15) is 0 Å². The standard InChI is InChI=1S/C11H15N3.ClH/c1-14(2)11-5-3-10(4-6-11)9-13-8-7-12;/h3-6,13H,8-9H2,1-2H3;1H. The van der Waals surface area contributed by atoms with Crippen molar-refractivity contribution in [2.24, 2.45) is 0 Å². The van der Waals surface area contributed by atoms with E-state index in [4.69, 9.17) is 5.26 Å². The molecule has 0 saturated heterocycles. The molecule has 0 fully saturated rings. The number of halogens is 1. The normalized spacial score (nSPS) is 8.87. The van der Waals surface area contributed by atoms with Gasteiger partial charge in [0, 0.05) is 26.3 Å². The van der Waals surface area contributed by atoms with Gasteiger partial charge in [0.15, 0.2) is 0 Å². The van der Waals surface area contributed by atoms with Gasteiger partial charge in [-0.3, -0.25) is 0 Å². The van der Waals surface area contributed by atoms with Crippen LogP contribution in [0.15, 0.2) is 24.3 Å².